The maximum atomic E-state index is 11.6. The Morgan fingerprint density at radius 3 is 2.70 bits per heavy atom. The van der Waals surface area contributed by atoms with E-state index in [-0.39, 0.29) is 24.2 Å². The van der Waals surface area contributed by atoms with Crippen LogP contribution in [-0.2, 0) is 4.79 Å². The van der Waals surface area contributed by atoms with Gasteiger partial charge in [-0.2, -0.15) is 0 Å². The molecule has 2 amide bonds. The Morgan fingerprint density at radius 2 is 2.05 bits per heavy atom. The molecule has 1 aliphatic rings. The summed E-state index contributed by atoms with van der Waals surface area (Å²) in [6, 6.07) is 6.52. The Kier molecular flexibility index (Phi) is 4.57. The summed E-state index contributed by atoms with van der Waals surface area (Å²) >= 11 is 0. The maximum Gasteiger partial charge on any atom is 0.257 e. The first-order chi connectivity index (χ1) is 9.56. The minimum absolute atomic E-state index is 0.167. The number of nitrogens with two attached hydrogens (primary N) is 1. The number of primary amides is 1. The molecule has 0 heterocycles. The quantitative estimate of drug-likeness (QED) is 0.684. The molecule has 1 saturated carbocycles. The van der Waals surface area contributed by atoms with Gasteiger partial charge in [0.15, 0.2) is 6.61 Å². The van der Waals surface area contributed by atoms with Gasteiger partial charge in [0.1, 0.15) is 5.75 Å². The average molecular weight is 278 g/mol. The van der Waals surface area contributed by atoms with E-state index in [2.05, 4.69) is 5.32 Å². The number of hydrogen-bond donors (Lipinski definition) is 3. The van der Waals surface area contributed by atoms with Crippen LogP contribution < -0.4 is 15.8 Å². The molecule has 0 unspecified atom stereocenters. The van der Waals surface area contributed by atoms with E-state index in [4.69, 9.17) is 15.6 Å². The molecule has 1 aromatic carbocycles. The second-order valence-electron chi connectivity index (χ2n) is 4.94. The first kappa shape index (κ1) is 14.3. The number of hydrogen-bond acceptors (Lipinski definition) is 4. The van der Waals surface area contributed by atoms with Crippen LogP contribution in [0.5, 0.6) is 5.75 Å². The smallest absolute Gasteiger partial charge is 0.257 e. The van der Waals surface area contributed by atoms with Gasteiger partial charge in [0.05, 0.1) is 11.7 Å². The summed E-state index contributed by atoms with van der Waals surface area (Å²) in [5.41, 5.74) is 5.47. The number of carbonyl (C=O) groups excluding carboxylic acids is 2. The lowest BCUT2D eigenvalue weighted by molar-refractivity contribution is -0.123. The Labute approximate surface area is 116 Å². The molecular formula is C14H18N2O4. The highest BCUT2D eigenvalue weighted by Crippen LogP contribution is 2.26. The van der Waals surface area contributed by atoms with Gasteiger partial charge < -0.3 is 20.9 Å². The highest BCUT2D eigenvalue weighted by atomic mass is 16.5. The van der Waals surface area contributed by atoms with Gasteiger partial charge in [0.25, 0.3) is 11.8 Å². The van der Waals surface area contributed by atoms with Crippen molar-refractivity contribution in [2.45, 2.75) is 18.9 Å². The van der Waals surface area contributed by atoms with Crippen LogP contribution in [0.25, 0.3) is 0 Å². The predicted molar refractivity (Wildman–Crippen MR) is 72.2 cm³/mol. The molecule has 1 aliphatic carbocycles. The second-order valence-corrected chi connectivity index (χ2v) is 4.94. The highest BCUT2D eigenvalue weighted by Gasteiger charge is 2.27. The Hall–Kier alpha value is -2.08. The van der Waals surface area contributed by atoms with Gasteiger partial charge in [-0.3, -0.25) is 9.59 Å². The van der Waals surface area contributed by atoms with Crippen LogP contribution in [0.3, 0.4) is 0 Å². The van der Waals surface area contributed by atoms with Crippen LogP contribution in [0.2, 0.25) is 0 Å². The van der Waals surface area contributed by atoms with E-state index < -0.39 is 5.91 Å². The zero-order chi connectivity index (χ0) is 14.5. The molecule has 1 fully saturated rings. The van der Waals surface area contributed by atoms with E-state index in [1.165, 1.54) is 0 Å². The molecule has 20 heavy (non-hydrogen) atoms. The summed E-state index contributed by atoms with van der Waals surface area (Å²) in [6.07, 6.45) is 1.23. The topological polar surface area (TPSA) is 102 Å². The third kappa shape index (κ3) is 3.71. The monoisotopic (exact) mass is 278 g/mol. The van der Waals surface area contributed by atoms with Crippen molar-refractivity contribution in [2.24, 2.45) is 11.7 Å². The number of rotatable bonds is 6. The molecule has 0 bridgehead atoms. The van der Waals surface area contributed by atoms with E-state index in [1.807, 2.05) is 0 Å². The molecule has 4 N–H and O–H groups in total. The molecule has 6 nitrogen and oxygen atoms in total. The van der Waals surface area contributed by atoms with Crippen molar-refractivity contribution in [3.05, 3.63) is 29.8 Å². The number of para-hydroxylation sites is 1. The lowest BCUT2D eigenvalue weighted by Crippen LogP contribution is -2.40. The Bertz CT molecular complexity index is 498. The summed E-state index contributed by atoms with van der Waals surface area (Å²) in [4.78, 5) is 22.8. The Morgan fingerprint density at radius 1 is 1.35 bits per heavy atom. The van der Waals surface area contributed by atoms with Crippen molar-refractivity contribution >= 4 is 11.8 Å². The van der Waals surface area contributed by atoms with Crippen LogP contribution in [0, 0.1) is 5.92 Å². The van der Waals surface area contributed by atoms with Gasteiger partial charge in [0.2, 0.25) is 0 Å². The SMILES string of the molecule is NC(=O)c1ccccc1OCC(=O)NCC1CC(O)C1. The van der Waals surface area contributed by atoms with Crippen LogP contribution >= 0.6 is 0 Å². The molecule has 1 aromatic rings. The zero-order valence-corrected chi connectivity index (χ0v) is 11.0. The van der Waals surface area contributed by atoms with Crippen LogP contribution in [-0.4, -0.2) is 36.2 Å². The molecule has 0 aromatic heterocycles. The van der Waals surface area contributed by atoms with E-state index in [0.29, 0.717) is 18.2 Å². The van der Waals surface area contributed by atoms with E-state index in [9.17, 15) is 9.59 Å². The summed E-state index contributed by atoms with van der Waals surface area (Å²) in [6.45, 7) is 0.371. The van der Waals surface area contributed by atoms with Gasteiger partial charge in [-0.1, -0.05) is 12.1 Å². The number of aliphatic hydroxyl groups excluding tert-OH is 1. The van der Waals surface area contributed by atoms with Crippen molar-refractivity contribution in [3.63, 3.8) is 0 Å². The van der Waals surface area contributed by atoms with E-state index >= 15 is 0 Å². The van der Waals surface area contributed by atoms with Crippen molar-refractivity contribution in [1.29, 1.82) is 0 Å². The number of aliphatic hydroxyl groups is 1. The molecule has 0 atom stereocenters. The molecule has 0 saturated heterocycles. The highest BCUT2D eigenvalue weighted by molar-refractivity contribution is 5.95. The third-order valence-electron chi connectivity index (χ3n) is 3.31. The minimum atomic E-state index is -0.593. The van der Waals surface area contributed by atoms with Crippen LogP contribution in [0.15, 0.2) is 24.3 Å². The van der Waals surface area contributed by atoms with Gasteiger partial charge in [-0.15, -0.1) is 0 Å². The fraction of sp³-hybridized carbons (Fsp3) is 0.429. The standard InChI is InChI=1S/C14H18N2O4/c15-14(19)11-3-1-2-4-12(11)20-8-13(18)16-7-9-5-10(17)6-9/h1-4,9-10,17H,5-8H2,(H2,15,19)(H,16,18). The van der Waals surface area contributed by atoms with E-state index in [1.54, 1.807) is 24.3 Å². The summed E-state index contributed by atoms with van der Waals surface area (Å²) in [5, 5.41) is 11.9. The van der Waals surface area contributed by atoms with Gasteiger partial charge in [0, 0.05) is 6.54 Å². The minimum Gasteiger partial charge on any atom is -0.483 e. The molecule has 0 aliphatic heterocycles. The second kappa shape index (κ2) is 6.38. The number of carbonyl (C=O) groups is 2. The average Bonchev–Trinajstić information content (AvgIpc) is 2.40. The molecule has 0 spiro atoms. The van der Waals surface area contributed by atoms with Gasteiger partial charge in [-0.25, -0.2) is 0 Å². The van der Waals surface area contributed by atoms with Crippen molar-refractivity contribution in [1.82, 2.24) is 5.32 Å². The van der Waals surface area contributed by atoms with Crippen molar-refractivity contribution < 1.29 is 19.4 Å². The predicted octanol–water partition coefficient (Wildman–Crippen LogP) is 0.0514. The van der Waals surface area contributed by atoms with Crippen molar-refractivity contribution in [3.8, 4) is 5.75 Å². The molecular weight excluding hydrogens is 260 g/mol. The molecule has 108 valence electrons. The lowest BCUT2D eigenvalue weighted by Gasteiger charge is -2.31. The zero-order valence-electron chi connectivity index (χ0n) is 11.0. The largest absolute Gasteiger partial charge is 0.483 e. The normalized spacial score (nSPS) is 20.9. The third-order valence-corrected chi connectivity index (χ3v) is 3.31. The van der Waals surface area contributed by atoms with Crippen LogP contribution in [0.4, 0.5) is 0 Å². The van der Waals surface area contributed by atoms with Crippen LogP contribution in [0.1, 0.15) is 23.2 Å². The first-order valence-electron chi connectivity index (χ1n) is 6.52. The lowest BCUT2D eigenvalue weighted by atomic mass is 9.82. The molecule has 6 heteroatoms. The van der Waals surface area contributed by atoms with Gasteiger partial charge >= 0.3 is 0 Å². The van der Waals surface area contributed by atoms with Gasteiger partial charge in [-0.05, 0) is 30.9 Å². The number of ether oxygens (including phenoxy) is 1. The van der Waals surface area contributed by atoms with E-state index in [0.717, 1.165) is 12.8 Å². The fourth-order valence-electron chi connectivity index (χ4n) is 2.12. The number of benzene rings is 1. The first-order valence-corrected chi connectivity index (χ1v) is 6.52. The fourth-order valence-corrected chi connectivity index (χ4v) is 2.12. The molecule has 0 radical (unpaired) electrons. The number of nitrogens with one attached hydrogen (secondary N) is 1. The summed E-state index contributed by atoms with van der Waals surface area (Å²) in [5.74, 6) is -0.212. The van der Waals surface area contributed by atoms with Crippen molar-refractivity contribution in [2.75, 3.05) is 13.2 Å². The summed E-state index contributed by atoms with van der Waals surface area (Å²) in [7, 11) is 0. The maximum absolute atomic E-state index is 11.6. The molecule has 2 rings (SSSR count). The Balaban J connectivity index is 1.77. The number of amides is 2. The summed E-state index contributed by atoms with van der Waals surface area (Å²) < 4.78 is 5.30.